The minimum Gasteiger partial charge on any atom is -0.338 e. The third kappa shape index (κ3) is 3.59. The molecule has 0 radical (unpaired) electrons. The van der Waals surface area contributed by atoms with E-state index in [4.69, 9.17) is 0 Å². The summed E-state index contributed by atoms with van der Waals surface area (Å²) in [6, 6.07) is 21.6. The quantitative estimate of drug-likeness (QED) is 0.572. The van der Waals surface area contributed by atoms with E-state index >= 15 is 0 Å². The molecule has 0 aromatic heterocycles. The standard InChI is InChI=1S/C17H22NSi.Li/c1-18(2)17(15-11-7-5-8-12-15)19(3,4)16-13-9-6-10-14-16;/h5-14H,1-4H3;/q-1;+1. The molecule has 0 amide bonds. The Morgan fingerprint density at radius 2 is 1.25 bits per heavy atom. The van der Waals surface area contributed by atoms with Gasteiger partial charge in [-0.2, -0.15) is 17.7 Å². The molecule has 1 nitrogen and oxygen atoms in total. The van der Waals surface area contributed by atoms with Gasteiger partial charge in [-0.15, -0.1) is 17.8 Å². The van der Waals surface area contributed by atoms with Gasteiger partial charge in [0.05, 0.1) is 8.07 Å². The molecule has 0 aliphatic rings. The van der Waals surface area contributed by atoms with E-state index in [9.17, 15) is 0 Å². The predicted octanol–water partition coefficient (Wildman–Crippen LogP) is 0.287. The Kier molecular flexibility index (Phi) is 6.17. The molecule has 0 aliphatic carbocycles. The topological polar surface area (TPSA) is 3.24 Å². The van der Waals surface area contributed by atoms with Crippen molar-refractivity contribution in [2.24, 2.45) is 0 Å². The van der Waals surface area contributed by atoms with E-state index in [1.54, 1.807) is 0 Å². The summed E-state index contributed by atoms with van der Waals surface area (Å²) < 4.78 is 0. The van der Waals surface area contributed by atoms with Crippen molar-refractivity contribution in [3.05, 3.63) is 71.9 Å². The zero-order valence-electron chi connectivity index (χ0n) is 13.2. The van der Waals surface area contributed by atoms with Crippen LogP contribution >= 0.6 is 0 Å². The van der Waals surface area contributed by atoms with Crippen LogP contribution in [0, 0.1) is 5.67 Å². The van der Waals surface area contributed by atoms with E-state index < -0.39 is 8.07 Å². The summed E-state index contributed by atoms with van der Waals surface area (Å²) in [5, 5.41) is 1.47. The predicted molar refractivity (Wildman–Crippen MR) is 86.0 cm³/mol. The number of hydrogen-bond acceptors (Lipinski definition) is 1. The average Bonchev–Trinajstić information content (AvgIpc) is 2.40. The van der Waals surface area contributed by atoms with Crippen LogP contribution in [-0.2, 0) is 0 Å². The minimum atomic E-state index is -1.67. The zero-order valence-corrected chi connectivity index (χ0v) is 14.2. The van der Waals surface area contributed by atoms with Gasteiger partial charge in [0.25, 0.3) is 0 Å². The summed E-state index contributed by atoms with van der Waals surface area (Å²) in [5.41, 5.74) is 2.81. The summed E-state index contributed by atoms with van der Waals surface area (Å²) in [6.07, 6.45) is 0. The molecular formula is C17H22LiNSi. The van der Waals surface area contributed by atoms with Crippen molar-refractivity contribution in [2.75, 3.05) is 14.1 Å². The zero-order chi connectivity index (χ0) is 13.9. The first kappa shape index (κ1) is 17.1. The van der Waals surface area contributed by atoms with E-state index in [2.05, 4.69) is 92.8 Å². The number of nitrogens with zero attached hydrogens (tertiary/aromatic N) is 1. The molecule has 0 N–H and O–H groups in total. The Balaban J connectivity index is 0.00000200. The first-order chi connectivity index (χ1) is 9.03. The van der Waals surface area contributed by atoms with Crippen LogP contribution in [0.1, 0.15) is 5.56 Å². The Labute approximate surface area is 136 Å². The molecule has 0 saturated heterocycles. The van der Waals surface area contributed by atoms with Gasteiger partial charge in [0.2, 0.25) is 0 Å². The molecule has 0 unspecified atom stereocenters. The van der Waals surface area contributed by atoms with E-state index in [0.29, 0.717) is 0 Å². The maximum atomic E-state index is 2.42. The van der Waals surface area contributed by atoms with Crippen molar-refractivity contribution in [1.29, 1.82) is 0 Å². The fourth-order valence-electron chi connectivity index (χ4n) is 2.77. The SMILES string of the molecule is CN(C)[C-](c1ccccc1)[Si](C)(C)c1ccccc1.[Li+]. The van der Waals surface area contributed by atoms with E-state index in [0.717, 1.165) is 0 Å². The third-order valence-corrected chi connectivity index (χ3v) is 7.28. The summed E-state index contributed by atoms with van der Waals surface area (Å²) in [6.45, 7) is 4.84. The molecule has 0 heterocycles. The minimum absolute atomic E-state index is 0. The van der Waals surface area contributed by atoms with Crippen molar-refractivity contribution in [3.63, 3.8) is 0 Å². The molecular weight excluding hydrogens is 253 g/mol. The average molecular weight is 275 g/mol. The first-order valence-corrected chi connectivity index (χ1v) is 9.69. The Morgan fingerprint density at radius 3 is 1.70 bits per heavy atom. The number of benzene rings is 2. The number of rotatable bonds is 4. The molecule has 2 aromatic rings. The summed E-state index contributed by atoms with van der Waals surface area (Å²) in [7, 11) is 2.64. The second-order valence-corrected chi connectivity index (χ2v) is 9.90. The van der Waals surface area contributed by atoms with Gasteiger partial charge in [-0.25, -0.2) is 0 Å². The van der Waals surface area contributed by atoms with Gasteiger partial charge in [0.1, 0.15) is 0 Å². The summed E-state index contributed by atoms with van der Waals surface area (Å²) in [4.78, 5) is 2.29. The fraction of sp³-hybridized carbons (Fsp3) is 0.235. The van der Waals surface area contributed by atoms with Gasteiger partial charge in [-0.3, -0.25) is 0 Å². The van der Waals surface area contributed by atoms with Crippen LogP contribution < -0.4 is 24.0 Å². The normalized spacial score (nSPS) is 11.1. The van der Waals surface area contributed by atoms with Crippen LogP contribution in [0.4, 0.5) is 0 Å². The smallest absolute Gasteiger partial charge is 0.338 e. The number of hydrogen-bond donors (Lipinski definition) is 0. The van der Waals surface area contributed by atoms with Crippen LogP contribution in [-0.4, -0.2) is 27.1 Å². The molecule has 0 aliphatic heterocycles. The Bertz CT molecular complexity index is 511. The van der Waals surface area contributed by atoms with Crippen LogP contribution in [0.15, 0.2) is 60.7 Å². The molecule has 0 saturated carbocycles. The molecule has 20 heavy (non-hydrogen) atoms. The molecule has 0 bridgehead atoms. The van der Waals surface area contributed by atoms with Crippen molar-refractivity contribution in [3.8, 4) is 0 Å². The Hall–Kier alpha value is -0.916. The van der Waals surface area contributed by atoms with Gasteiger partial charge < -0.3 is 4.90 Å². The molecule has 2 aromatic carbocycles. The van der Waals surface area contributed by atoms with Crippen LogP contribution in [0.3, 0.4) is 0 Å². The van der Waals surface area contributed by atoms with Crippen LogP contribution in [0.5, 0.6) is 0 Å². The van der Waals surface area contributed by atoms with Gasteiger partial charge in [0, 0.05) is 0 Å². The maximum Gasteiger partial charge on any atom is 1.00 e. The maximum absolute atomic E-state index is 2.42. The molecule has 2 rings (SSSR count). The molecule has 100 valence electrons. The third-order valence-electron chi connectivity index (χ3n) is 3.58. The second kappa shape index (κ2) is 7.20. The largest absolute Gasteiger partial charge is 1.00 e. The van der Waals surface area contributed by atoms with Crippen molar-refractivity contribution in [2.45, 2.75) is 13.1 Å². The van der Waals surface area contributed by atoms with Crippen LogP contribution in [0.2, 0.25) is 13.1 Å². The van der Waals surface area contributed by atoms with Crippen molar-refractivity contribution < 1.29 is 18.9 Å². The molecule has 3 heteroatoms. The Morgan fingerprint density at radius 1 is 0.800 bits per heavy atom. The first-order valence-electron chi connectivity index (χ1n) is 6.69. The van der Waals surface area contributed by atoms with Gasteiger partial charge in [-0.1, -0.05) is 54.7 Å². The van der Waals surface area contributed by atoms with Crippen LogP contribution in [0.25, 0.3) is 0 Å². The van der Waals surface area contributed by atoms with Crippen molar-refractivity contribution >= 4 is 13.3 Å². The van der Waals surface area contributed by atoms with E-state index in [1.165, 1.54) is 16.4 Å². The van der Waals surface area contributed by atoms with Gasteiger partial charge in [-0.05, 0) is 14.1 Å². The van der Waals surface area contributed by atoms with Crippen molar-refractivity contribution in [1.82, 2.24) is 4.90 Å². The fourth-order valence-corrected chi connectivity index (χ4v) is 6.07. The second-order valence-electron chi connectivity index (χ2n) is 5.60. The summed E-state index contributed by atoms with van der Waals surface area (Å²) in [5.74, 6) is 0. The summed E-state index contributed by atoms with van der Waals surface area (Å²) >= 11 is 0. The van der Waals surface area contributed by atoms with E-state index in [1.807, 2.05) is 0 Å². The molecule has 0 fully saturated rings. The molecule has 0 atom stereocenters. The van der Waals surface area contributed by atoms with Gasteiger partial charge in [0.15, 0.2) is 0 Å². The van der Waals surface area contributed by atoms with Gasteiger partial charge >= 0.3 is 18.9 Å². The monoisotopic (exact) mass is 275 g/mol. The molecule has 0 spiro atoms. The van der Waals surface area contributed by atoms with E-state index in [-0.39, 0.29) is 18.9 Å².